The fraction of sp³-hybridized carbons (Fsp3) is 0.250. The summed E-state index contributed by atoms with van der Waals surface area (Å²) < 4.78 is 52.9. The van der Waals surface area contributed by atoms with Crippen molar-refractivity contribution >= 4 is 12.0 Å². The molecule has 1 aromatic heterocycles. The molecule has 3 rings (SSSR count). The van der Waals surface area contributed by atoms with Gasteiger partial charge in [0.25, 0.3) is 0 Å². The van der Waals surface area contributed by atoms with Crippen LogP contribution in [0.15, 0.2) is 36.7 Å². The second-order valence-electron chi connectivity index (χ2n) is 5.26. The van der Waals surface area contributed by atoms with Crippen molar-refractivity contribution in [3.05, 3.63) is 59.2 Å². The third kappa shape index (κ3) is 2.78. The molecule has 2 aromatic rings. The molecule has 0 saturated carbocycles. The Kier molecular flexibility index (Phi) is 3.79. The highest BCUT2D eigenvalue weighted by Crippen LogP contribution is 2.40. The highest BCUT2D eigenvalue weighted by Gasteiger charge is 2.37. The average Bonchev–Trinajstić information content (AvgIpc) is 2.52. The maximum absolute atomic E-state index is 13.3. The van der Waals surface area contributed by atoms with Crippen LogP contribution < -0.4 is 4.90 Å². The summed E-state index contributed by atoms with van der Waals surface area (Å²) in [4.78, 5) is 16.6. The van der Waals surface area contributed by atoms with Crippen LogP contribution in [0, 0.1) is 5.82 Å². The summed E-state index contributed by atoms with van der Waals surface area (Å²) in [5.41, 5.74) is 0.164. The van der Waals surface area contributed by atoms with Crippen molar-refractivity contribution in [1.82, 2.24) is 4.98 Å². The minimum atomic E-state index is -4.55. The van der Waals surface area contributed by atoms with Gasteiger partial charge in [-0.3, -0.25) is 4.98 Å². The first-order valence-electron chi connectivity index (χ1n) is 6.93. The number of aromatic nitrogens is 1. The van der Waals surface area contributed by atoms with Crippen LogP contribution in [0.2, 0.25) is 0 Å². The van der Waals surface area contributed by atoms with Crippen molar-refractivity contribution in [3.63, 3.8) is 0 Å². The number of benzene rings is 1. The highest BCUT2D eigenvalue weighted by molar-refractivity contribution is 5.72. The van der Waals surface area contributed by atoms with E-state index in [1.165, 1.54) is 23.1 Å². The standard InChI is InChI=1S/C16H12F4N2O/c17-11-1-2-12-10(7-11)4-6-22(15(12)9-23)14-8-21-5-3-13(14)16(18,19)20/h1-3,5,7-9,15H,4,6H2. The SMILES string of the molecule is O=CC1c2ccc(F)cc2CCN1c1cnccc1C(F)(F)F. The van der Waals surface area contributed by atoms with Crippen LogP contribution in [0.3, 0.4) is 0 Å². The number of pyridine rings is 1. The van der Waals surface area contributed by atoms with Crippen LogP contribution in [-0.2, 0) is 17.4 Å². The van der Waals surface area contributed by atoms with E-state index < -0.39 is 23.6 Å². The molecule has 7 heteroatoms. The lowest BCUT2D eigenvalue weighted by Crippen LogP contribution is -2.37. The van der Waals surface area contributed by atoms with Crippen LogP contribution in [0.5, 0.6) is 0 Å². The van der Waals surface area contributed by atoms with E-state index in [1.807, 2.05) is 0 Å². The van der Waals surface area contributed by atoms with Gasteiger partial charge < -0.3 is 9.69 Å². The van der Waals surface area contributed by atoms with Gasteiger partial charge in [-0.25, -0.2) is 4.39 Å². The van der Waals surface area contributed by atoms with Crippen molar-refractivity contribution in [2.45, 2.75) is 18.6 Å². The number of fused-ring (bicyclic) bond motifs is 1. The zero-order valence-electron chi connectivity index (χ0n) is 11.8. The normalized spacial score (nSPS) is 17.7. The lowest BCUT2D eigenvalue weighted by Gasteiger charge is -2.37. The first kappa shape index (κ1) is 15.5. The summed E-state index contributed by atoms with van der Waals surface area (Å²) in [7, 11) is 0. The van der Waals surface area contributed by atoms with Crippen molar-refractivity contribution in [2.75, 3.05) is 11.4 Å². The summed E-state index contributed by atoms with van der Waals surface area (Å²) >= 11 is 0. The van der Waals surface area contributed by atoms with Crippen LogP contribution in [0.1, 0.15) is 22.7 Å². The van der Waals surface area contributed by atoms with E-state index in [4.69, 9.17) is 0 Å². The first-order chi connectivity index (χ1) is 10.9. The van der Waals surface area contributed by atoms with Gasteiger partial charge in [0.05, 0.1) is 17.4 Å². The molecule has 1 atom stereocenters. The van der Waals surface area contributed by atoms with E-state index in [9.17, 15) is 22.4 Å². The van der Waals surface area contributed by atoms with Crippen molar-refractivity contribution in [1.29, 1.82) is 0 Å². The number of hydrogen-bond acceptors (Lipinski definition) is 3. The molecule has 1 aliphatic rings. The van der Waals surface area contributed by atoms with E-state index >= 15 is 0 Å². The number of carbonyl (C=O) groups excluding carboxylic acids is 1. The molecule has 120 valence electrons. The summed E-state index contributed by atoms with van der Waals surface area (Å²) in [5, 5.41) is 0. The largest absolute Gasteiger partial charge is 0.418 e. The third-order valence-electron chi connectivity index (χ3n) is 3.93. The molecule has 0 bridgehead atoms. The number of carbonyl (C=O) groups is 1. The second-order valence-corrected chi connectivity index (χ2v) is 5.26. The van der Waals surface area contributed by atoms with Crippen LogP contribution in [0.25, 0.3) is 0 Å². The van der Waals surface area contributed by atoms with Gasteiger partial charge in [-0.1, -0.05) is 6.07 Å². The Morgan fingerprint density at radius 1 is 1.26 bits per heavy atom. The van der Waals surface area contributed by atoms with E-state index in [2.05, 4.69) is 4.98 Å². The number of alkyl halides is 3. The van der Waals surface area contributed by atoms with Gasteiger partial charge in [-0.15, -0.1) is 0 Å². The molecular weight excluding hydrogens is 312 g/mol. The van der Waals surface area contributed by atoms with E-state index in [0.717, 1.165) is 18.5 Å². The summed E-state index contributed by atoms with van der Waals surface area (Å²) in [6.45, 7) is 0.175. The zero-order valence-corrected chi connectivity index (χ0v) is 11.8. The van der Waals surface area contributed by atoms with E-state index in [0.29, 0.717) is 23.8 Å². The summed E-state index contributed by atoms with van der Waals surface area (Å²) in [5.74, 6) is -0.431. The molecule has 0 radical (unpaired) electrons. The monoisotopic (exact) mass is 324 g/mol. The smallest absolute Gasteiger partial charge is 0.356 e. The lowest BCUT2D eigenvalue weighted by atomic mass is 9.92. The molecule has 1 aliphatic heterocycles. The lowest BCUT2D eigenvalue weighted by molar-refractivity contribution is -0.137. The van der Waals surface area contributed by atoms with Gasteiger partial charge >= 0.3 is 6.18 Å². The minimum absolute atomic E-state index is 0.146. The van der Waals surface area contributed by atoms with Crippen molar-refractivity contribution in [3.8, 4) is 0 Å². The second kappa shape index (κ2) is 5.64. The summed E-state index contributed by atoms with van der Waals surface area (Å²) in [6.07, 6.45) is -1.45. The fourth-order valence-electron chi connectivity index (χ4n) is 2.90. The molecule has 1 aromatic carbocycles. The maximum Gasteiger partial charge on any atom is 0.418 e. The fourth-order valence-corrected chi connectivity index (χ4v) is 2.90. The molecule has 0 fully saturated rings. The first-order valence-corrected chi connectivity index (χ1v) is 6.93. The van der Waals surface area contributed by atoms with Crippen LogP contribution in [-0.4, -0.2) is 17.8 Å². The topological polar surface area (TPSA) is 33.2 Å². The van der Waals surface area contributed by atoms with Crippen LogP contribution >= 0.6 is 0 Å². The van der Waals surface area contributed by atoms with Gasteiger partial charge in [-0.05, 0) is 35.7 Å². The number of nitrogens with zero attached hydrogens (tertiary/aromatic N) is 2. The van der Waals surface area contributed by atoms with Crippen LogP contribution in [0.4, 0.5) is 23.2 Å². The molecule has 0 saturated heterocycles. The molecule has 3 nitrogen and oxygen atoms in total. The van der Waals surface area contributed by atoms with Gasteiger partial charge in [0.15, 0.2) is 0 Å². The quantitative estimate of drug-likeness (QED) is 0.626. The zero-order chi connectivity index (χ0) is 16.6. The predicted octanol–water partition coefficient (Wildman–Crippen LogP) is 3.54. The number of anilines is 1. The Morgan fingerprint density at radius 3 is 2.74 bits per heavy atom. The number of aldehydes is 1. The van der Waals surface area contributed by atoms with Crippen molar-refractivity contribution in [2.24, 2.45) is 0 Å². The molecular formula is C16H12F4N2O. The Hall–Kier alpha value is -2.44. The Morgan fingerprint density at radius 2 is 2.04 bits per heavy atom. The molecule has 0 aliphatic carbocycles. The third-order valence-corrected chi connectivity index (χ3v) is 3.93. The Bertz CT molecular complexity index is 745. The van der Waals surface area contributed by atoms with E-state index in [-0.39, 0.29) is 12.2 Å². The molecule has 0 amide bonds. The van der Waals surface area contributed by atoms with E-state index in [1.54, 1.807) is 0 Å². The Balaban J connectivity index is 2.08. The van der Waals surface area contributed by atoms with Gasteiger partial charge in [0, 0.05) is 12.7 Å². The predicted molar refractivity (Wildman–Crippen MR) is 75.5 cm³/mol. The maximum atomic E-state index is 13.3. The molecule has 0 N–H and O–H groups in total. The number of rotatable bonds is 2. The highest BCUT2D eigenvalue weighted by atomic mass is 19.4. The number of hydrogen-bond donors (Lipinski definition) is 0. The van der Waals surface area contributed by atoms with Gasteiger partial charge in [-0.2, -0.15) is 13.2 Å². The number of halogens is 4. The average molecular weight is 324 g/mol. The molecule has 1 unspecified atom stereocenters. The van der Waals surface area contributed by atoms with Crippen molar-refractivity contribution < 1.29 is 22.4 Å². The van der Waals surface area contributed by atoms with Gasteiger partial charge in [0.1, 0.15) is 18.1 Å². The molecule has 0 spiro atoms. The van der Waals surface area contributed by atoms with Gasteiger partial charge in [0.2, 0.25) is 0 Å². The molecule has 23 heavy (non-hydrogen) atoms. The minimum Gasteiger partial charge on any atom is -0.356 e. The summed E-state index contributed by atoms with van der Waals surface area (Å²) in [6, 6.07) is 3.95. The Labute approximate surface area is 129 Å². The molecule has 2 heterocycles.